The maximum absolute atomic E-state index is 11.9. The number of hydrogen-bond acceptors (Lipinski definition) is 3. The van der Waals surface area contributed by atoms with Crippen LogP contribution in [0.3, 0.4) is 0 Å². The number of H-pyrrole nitrogens is 1. The van der Waals surface area contributed by atoms with Gasteiger partial charge in [0.2, 0.25) is 5.43 Å². The fourth-order valence-electron chi connectivity index (χ4n) is 2.31. The third kappa shape index (κ3) is 3.73. The van der Waals surface area contributed by atoms with Crippen molar-refractivity contribution in [2.75, 3.05) is 13.7 Å². The van der Waals surface area contributed by atoms with Crippen molar-refractivity contribution in [3.63, 3.8) is 0 Å². The van der Waals surface area contributed by atoms with Gasteiger partial charge in [0.1, 0.15) is 5.69 Å². The molecule has 2 rings (SSSR count). The van der Waals surface area contributed by atoms with Gasteiger partial charge in [-0.3, -0.25) is 9.59 Å². The first-order chi connectivity index (χ1) is 9.70. The van der Waals surface area contributed by atoms with Gasteiger partial charge in [-0.25, -0.2) is 0 Å². The smallest absolute Gasteiger partial charge is 0.267 e. The van der Waals surface area contributed by atoms with Gasteiger partial charge in [0.05, 0.1) is 7.11 Å². The molecular formula is C15H20N2O3. The summed E-state index contributed by atoms with van der Waals surface area (Å²) < 4.78 is 4.86. The van der Waals surface area contributed by atoms with Crippen LogP contribution in [-0.4, -0.2) is 24.5 Å². The third-order valence-corrected chi connectivity index (χ3v) is 3.46. The Hall–Kier alpha value is -2.04. The summed E-state index contributed by atoms with van der Waals surface area (Å²) >= 11 is 0. The minimum atomic E-state index is -0.300. The maximum atomic E-state index is 11.9. The predicted molar refractivity (Wildman–Crippen MR) is 77.1 cm³/mol. The highest BCUT2D eigenvalue weighted by Gasteiger charge is 2.09. The molecule has 0 spiro atoms. The molecular weight excluding hydrogens is 256 g/mol. The number of aromatic nitrogens is 1. The van der Waals surface area contributed by atoms with Crippen molar-refractivity contribution < 1.29 is 9.53 Å². The summed E-state index contributed by atoms with van der Waals surface area (Å²) in [6, 6.07) is 1.26. The first kappa shape index (κ1) is 14.4. The monoisotopic (exact) mass is 276 g/mol. The molecule has 0 saturated carbocycles. The van der Waals surface area contributed by atoms with Crippen LogP contribution in [-0.2, 0) is 0 Å². The van der Waals surface area contributed by atoms with Gasteiger partial charge in [-0.2, -0.15) is 0 Å². The highest BCUT2D eigenvalue weighted by atomic mass is 16.5. The van der Waals surface area contributed by atoms with Gasteiger partial charge in [-0.15, -0.1) is 0 Å². The first-order valence-corrected chi connectivity index (χ1v) is 6.93. The van der Waals surface area contributed by atoms with Crippen LogP contribution in [0.4, 0.5) is 0 Å². The largest absolute Gasteiger partial charge is 0.491 e. The van der Waals surface area contributed by atoms with Crippen molar-refractivity contribution in [3.8, 4) is 5.75 Å². The standard InChI is InChI=1S/C15H20N2O3/c1-20-14-10-17-12(9-13(14)18)15(19)16-8-7-11-5-3-2-4-6-11/h5,9-10H,2-4,6-8H2,1H3,(H,16,19)(H,17,18). The average Bonchev–Trinajstić information content (AvgIpc) is 2.48. The van der Waals surface area contributed by atoms with Crippen LogP contribution >= 0.6 is 0 Å². The SMILES string of the molecule is COc1c[nH]c(C(=O)NCCC2=CCCCC2)cc1=O. The molecule has 0 fully saturated rings. The van der Waals surface area contributed by atoms with E-state index in [1.807, 2.05) is 0 Å². The number of allylic oxidation sites excluding steroid dienone is 1. The normalized spacial score (nSPS) is 14.6. The fourth-order valence-corrected chi connectivity index (χ4v) is 2.31. The van der Waals surface area contributed by atoms with Crippen LogP contribution in [0.5, 0.6) is 5.75 Å². The second-order valence-corrected chi connectivity index (χ2v) is 4.89. The Balaban J connectivity index is 1.87. The van der Waals surface area contributed by atoms with Gasteiger partial charge in [-0.1, -0.05) is 11.6 Å². The van der Waals surface area contributed by atoms with Gasteiger partial charge in [0.15, 0.2) is 5.75 Å². The Kier molecular flexibility index (Phi) is 4.98. The molecule has 1 aromatic heterocycles. The number of amides is 1. The third-order valence-electron chi connectivity index (χ3n) is 3.46. The molecule has 1 aliphatic carbocycles. The predicted octanol–water partition coefficient (Wildman–Crippen LogP) is 2.00. The lowest BCUT2D eigenvalue weighted by Crippen LogP contribution is -2.27. The quantitative estimate of drug-likeness (QED) is 0.808. The lowest BCUT2D eigenvalue weighted by Gasteiger charge is -2.12. The highest BCUT2D eigenvalue weighted by Crippen LogP contribution is 2.19. The molecule has 1 aromatic rings. The van der Waals surface area contributed by atoms with E-state index in [4.69, 9.17) is 4.74 Å². The van der Waals surface area contributed by atoms with Gasteiger partial charge in [0, 0.05) is 18.8 Å². The van der Waals surface area contributed by atoms with E-state index >= 15 is 0 Å². The molecule has 0 bridgehead atoms. The van der Waals surface area contributed by atoms with E-state index < -0.39 is 0 Å². The van der Waals surface area contributed by atoms with E-state index in [0.717, 1.165) is 19.3 Å². The Morgan fingerprint density at radius 1 is 1.45 bits per heavy atom. The van der Waals surface area contributed by atoms with E-state index in [-0.39, 0.29) is 22.8 Å². The molecule has 0 aromatic carbocycles. The molecule has 0 saturated heterocycles. The molecule has 108 valence electrons. The maximum Gasteiger partial charge on any atom is 0.267 e. The first-order valence-electron chi connectivity index (χ1n) is 6.93. The summed E-state index contributed by atoms with van der Waals surface area (Å²) in [7, 11) is 1.42. The molecule has 0 aliphatic heterocycles. The number of hydrogen-bond donors (Lipinski definition) is 2. The summed E-state index contributed by atoms with van der Waals surface area (Å²) in [6.07, 6.45) is 9.34. The minimum absolute atomic E-state index is 0.203. The minimum Gasteiger partial charge on any atom is -0.491 e. The molecule has 1 amide bonds. The summed E-state index contributed by atoms with van der Waals surface area (Å²) in [5, 5.41) is 2.82. The molecule has 1 aliphatic rings. The molecule has 0 atom stereocenters. The second kappa shape index (κ2) is 6.93. The molecule has 1 heterocycles. The zero-order valence-electron chi connectivity index (χ0n) is 11.7. The van der Waals surface area contributed by atoms with Crippen molar-refractivity contribution in [2.45, 2.75) is 32.1 Å². The van der Waals surface area contributed by atoms with Gasteiger partial charge in [-0.05, 0) is 32.1 Å². The van der Waals surface area contributed by atoms with E-state index in [2.05, 4.69) is 16.4 Å². The van der Waals surface area contributed by atoms with Gasteiger partial charge in [0.25, 0.3) is 5.91 Å². The van der Waals surface area contributed by atoms with Gasteiger partial charge >= 0.3 is 0 Å². The number of methoxy groups -OCH3 is 1. The molecule has 5 nitrogen and oxygen atoms in total. The van der Waals surface area contributed by atoms with Crippen LogP contribution < -0.4 is 15.5 Å². The van der Waals surface area contributed by atoms with Crippen LogP contribution in [0.15, 0.2) is 28.7 Å². The number of aromatic amines is 1. The molecule has 5 heteroatoms. The van der Waals surface area contributed by atoms with E-state index in [0.29, 0.717) is 6.54 Å². The summed E-state index contributed by atoms with van der Waals surface area (Å²) in [6.45, 7) is 0.596. The molecule has 0 unspecified atom stereocenters. The van der Waals surface area contributed by atoms with Crippen molar-refractivity contribution in [1.82, 2.24) is 10.3 Å². The summed E-state index contributed by atoms with van der Waals surface area (Å²) in [5.41, 5.74) is 1.37. The number of pyridine rings is 1. The second-order valence-electron chi connectivity index (χ2n) is 4.89. The lowest BCUT2D eigenvalue weighted by molar-refractivity contribution is 0.0949. The lowest BCUT2D eigenvalue weighted by atomic mass is 9.97. The number of ether oxygens (including phenoxy) is 1. The number of nitrogens with one attached hydrogen (secondary N) is 2. The zero-order valence-corrected chi connectivity index (χ0v) is 11.7. The topological polar surface area (TPSA) is 71.2 Å². The number of carbonyl (C=O) groups excluding carboxylic acids is 1. The van der Waals surface area contributed by atoms with E-state index in [9.17, 15) is 9.59 Å². The Morgan fingerprint density at radius 3 is 2.95 bits per heavy atom. The average molecular weight is 276 g/mol. The van der Waals surface area contributed by atoms with Crippen molar-refractivity contribution in [2.24, 2.45) is 0 Å². The van der Waals surface area contributed by atoms with Crippen molar-refractivity contribution in [1.29, 1.82) is 0 Å². The van der Waals surface area contributed by atoms with Crippen LogP contribution in [0.2, 0.25) is 0 Å². The Labute approximate surface area is 118 Å². The zero-order chi connectivity index (χ0) is 14.4. The molecule has 20 heavy (non-hydrogen) atoms. The summed E-state index contributed by atoms with van der Waals surface area (Å²) in [5.74, 6) is -0.0601. The van der Waals surface area contributed by atoms with Crippen LogP contribution in [0, 0.1) is 0 Å². The van der Waals surface area contributed by atoms with E-state index in [1.165, 1.54) is 37.8 Å². The van der Waals surface area contributed by atoms with E-state index in [1.54, 1.807) is 0 Å². The fraction of sp³-hybridized carbons (Fsp3) is 0.467. The van der Waals surface area contributed by atoms with Crippen LogP contribution in [0.25, 0.3) is 0 Å². The molecule has 0 radical (unpaired) electrons. The summed E-state index contributed by atoms with van der Waals surface area (Å²) in [4.78, 5) is 26.2. The van der Waals surface area contributed by atoms with Crippen molar-refractivity contribution in [3.05, 3.63) is 39.8 Å². The number of rotatable bonds is 5. The number of carbonyl (C=O) groups is 1. The van der Waals surface area contributed by atoms with Crippen LogP contribution in [0.1, 0.15) is 42.6 Å². The highest BCUT2D eigenvalue weighted by molar-refractivity contribution is 5.92. The Morgan fingerprint density at radius 2 is 2.30 bits per heavy atom. The van der Waals surface area contributed by atoms with Crippen molar-refractivity contribution >= 4 is 5.91 Å². The Bertz CT molecular complexity index is 560. The molecule has 2 N–H and O–H groups in total. The van der Waals surface area contributed by atoms with Gasteiger partial charge < -0.3 is 15.0 Å².